The largest absolute Gasteiger partial charge is 0.456 e. The highest BCUT2D eigenvalue weighted by atomic mass is 19.1. The molecule has 3 nitrogen and oxygen atoms in total. The number of hydrogen-bond acceptors (Lipinski definition) is 1. The maximum atomic E-state index is 15.1. The zero-order valence-electron chi connectivity index (χ0n) is 23.3. The van der Waals surface area contributed by atoms with Gasteiger partial charge in [-0.25, -0.2) is 13.8 Å². The standard InChI is InChI=1S/C33H24FN2O/c1-20-10-15-26-31-28(35-3)17-16-25(24-13-11-23(12-14-24)22-8-6-5-7-9-22)32(31)37-33(26)30(20)29-18-27(34)21(2)19-36(29)4/h5-19H,1-2,4H3/q+1/i2D3. The van der Waals surface area contributed by atoms with Crippen molar-refractivity contribution in [3.8, 4) is 33.5 Å². The van der Waals surface area contributed by atoms with Crippen molar-refractivity contribution in [3.05, 3.63) is 119 Å². The zero-order chi connectivity index (χ0) is 28.2. The summed E-state index contributed by atoms with van der Waals surface area (Å²) in [6, 6.07) is 27.1. The third-order valence-electron chi connectivity index (χ3n) is 6.88. The van der Waals surface area contributed by atoms with Crippen LogP contribution in [0.4, 0.5) is 10.1 Å². The van der Waals surface area contributed by atoms with Crippen LogP contribution in [0.1, 0.15) is 15.2 Å². The van der Waals surface area contributed by atoms with E-state index in [-0.39, 0.29) is 5.56 Å². The molecule has 0 aliphatic carbocycles. The second-order valence-electron chi connectivity index (χ2n) is 9.16. The zero-order valence-corrected chi connectivity index (χ0v) is 20.3. The molecule has 2 heterocycles. The van der Waals surface area contributed by atoms with Crippen LogP contribution in [-0.4, -0.2) is 0 Å². The van der Waals surface area contributed by atoms with Gasteiger partial charge >= 0.3 is 0 Å². The van der Waals surface area contributed by atoms with E-state index in [0.29, 0.717) is 33.5 Å². The Morgan fingerprint density at radius 3 is 2.32 bits per heavy atom. The number of rotatable bonds is 3. The summed E-state index contributed by atoms with van der Waals surface area (Å²) in [6.45, 7) is 7.15. The van der Waals surface area contributed by atoms with Crippen LogP contribution >= 0.6 is 0 Å². The van der Waals surface area contributed by atoms with Crippen molar-refractivity contribution in [1.29, 1.82) is 0 Å². The lowest BCUT2D eigenvalue weighted by Gasteiger charge is -2.07. The van der Waals surface area contributed by atoms with Crippen molar-refractivity contribution in [3.63, 3.8) is 0 Å². The molecule has 4 heteroatoms. The number of pyridine rings is 1. The molecule has 6 rings (SSSR count). The van der Waals surface area contributed by atoms with Gasteiger partial charge in [0.2, 0.25) is 5.69 Å². The van der Waals surface area contributed by atoms with Gasteiger partial charge in [-0.15, -0.1) is 0 Å². The van der Waals surface area contributed by atoms with Gasteiger partial charge in [0, 0.05) is 32.1 Å². The van der Waals surface area contributed by atoms with Crippen LogP contribution in [0.2, 0.25) is 0 Å². The second kappa shape index (κ2) is 8.72. The van der Waals surface area contributed by atoms with Crippen LogP contribution < -0.4 is 4.57 Å². The van der Waals surface area contributed by atoms with E-state index in [9.17, 15) is 0 Å². The van der Waals surface area contributed by atoms with Gasteiger partial charge in [0.25, 0.3) is 0 Å². The molecule has 2 aromatic heterocycles. The molecular weight excluding hydrogens is 459 g/mol. The predicted molar refractivity (Wildman–Crippen MR) is 147 cm³/mol. The monoisotopic (exact) mass is 486 g/mol. The molecule has 0 aliphatic rings. The summed E-state index contributed by atoms with van der Waals surface area (Å²) in [4.78, 5) is 3.77. The van der Waals surface area contributed by atoms with Crippen molar-refractivity contribution in [2.24, 2.45) is 7.05 Å². The molecule has 0 saturated heterocycles. The highest BCUT2D eigenvalue weighted by Crippen LogP contribution is 2.44. The summed E-state index contributed by atoms with van der Waals surface area (Å²) in [5.41, 5.74) is 7.17. The number of halogens is 1. The minimum Gasteiger partial charge on any atom is -0.456 e. The number of benzene rings is 4. The van der Waals surface area contributed by atoms with E-state index in [2.05, 4.69) is 29.1 Å². The van der Waals surface area contributed by atoms with Gasteiger partial charge in [0.05, 0.1) is 12.1 Å². The van der Waals surface area contributed by atoms with Gasteiger partial charge < -0.3 is 4.42 Å². The van der Waals surface area contributed by atoms with Crippen molar-refractivity contribution in [2.45, 2.75) is 13.8 Å². The Bertz CT molecular complexity index is 1970. The van der Waals surface area contributed by atoms with E-state index in [1.54, 1.807) is 17.7 Å². The molecule has 4 aromatic carbocycles. The fraction of sp³-hybridized carbons (Fsp3) is 0.0909. The molecule has 0 N–H and O–H groups in total. The van der Waals surface area contributed by atoms with E-state index in [0.717, 1.165) is 33.2 Å². The summed E-state index contributed by atoms with van der Waals surface area (Å²) < 4.78 is 46.3. The molecule has 0 aliphatic heterocycles. The number of nitrogens with zero attached hydrogens (tertiary/aromatic N) is 2. The van der Waals surface area contributed by atoms with Gasteiger partial charge in [0.1, 0.15) is 24.0 Å². The fourth-order valence-electron chi connectivity index (χ4n) is 5.01. The molecule has 37 heavy (non-hydrogen) atoms. The molecule has 0 saturated carbocycles. The molecule has 0 amide bonds. The number of fused-ring (bicyclic) bond motifs is 3. The molecule has 0 bridgehead atoms. The Balaban J connectivity index is 1.59. The van der Waals surface area contributed by atoms with Crippen LogP contribution in [0.3, 0.4) is 0 Å². The first-order valence-electron chi connectivity index (χ1n) is 13.4. The third kappa shape index (κ3) is 3.68. The maximum absolute atomic E-state index is 15.1. The maximum Gasteiger partial charge on any atom is 0.219 e. The van der Waals surface area contributed by atoms with E-state index in [1.165, 1.54) is 12.3 Å². The summed E-state index contributed by atoms with van der Waals surface area (Å²) in [5.74, 6) is -0.804. The smallest absolute Gasteiger partial charge is 0.219 e. The predicted octanol–water partition coefficient (Wildman–Crippen LogP) is 8.72. The van der Waals surface area contributed by atoms with Crippen molar-refractivity contribution >= 4 is 27.6 Å². The third-order valence-corrected chi connectivity index (χ3v) is 6.88. The van der Waals surface area contributed by atoms with Crippen LogP contribution in [0, 0.1) is 26.2 Å². The SMILES string of the molecule is [2H]C([2H])([2H])c1c[n+](C)c(-c2c(C)ccc3c2oc2c(-c4ccc(-c5ccccc5)cc4)ccc([N+]#[C-])c23)cc1F. The van der Waals surface area contributed by atoms with Crippen LogP contribution in [0.5, 0.6) is 0 Å². The number of furan rings is 1. The van der Waals surface area contributed by atoms with Crippen molar-refractivity contribution in [1.82, 2.24) is 0 Å². The Morgan fingerprint density at radius 1 is 0.865 bits per heavy atom. The first kappa shape index (κ1) is 19.4. The summed E-state index contributed by atoms with van der Waals surface area (Å²) >= 11 is 0. The average molecular weight is 487 g/mol. The number of aromatic nitrogens is 1. The van der Waals surface area contributed by atoms with Crippen LogP contribution in [-0.2, 0) is 7.05 Å². The molecule has 0 atom stereocenters. The number of aryl methyl sites for hydroxylation is 3. The normalized spacial score (nSPS) is 12.8. The van der Waals surface area contributed by atoms with Gasteiger partial charge in [-0.3, -0.25) is 0 Å². The lowest BCUT2D eigenvalue weighted by Crippen LogP contribution is -2.31. The topological polar surface area (TPSA) is 21.4 Å². The van der Waals surface area contributed by atoms with E-state index < -0.39 is 12.7 Å². The van der Waals surface area contributed by atoms with Crippen molar-refractivity contribution in [2.75, 3.05) is 0 Å². The lowest BCUT2D eigenvalue weighted by atomic mass is 9.97. The van der Waals surface area contributed by atoms with Gasteiger partial charge in [0.15, 0.2) is 11.9 Å². The Morgan fingerprint density at radius 2 is 1.59 bits per heavy atom. The minimum atomic E-state index is -2.57. The summed E-state index contributed by atoms with van der Waals surface area (Å²) in [5, 5.41) is 1.43. The summed E-state index contributed by atoms with van der Waals surface area (Å²) in [7, 11) is 1.69. The second-order valence-corrected chi connectivity index (χ2v) is 9.16. The van der Waals surface area contributed by atoms with Crippen molar-refractivity contribution < 1.29 is 17.5 Å². The molecule has 0 fully saturated rings. The Kier molecular flexibility index (Phi) is 4.58. The molecule has 0 spiro atoms. The number of hydrogen-bond donors (Lipinski definition) is 0. The van der Waals surface area contributed by atoms with E-state index in [1.807, 2.05) is 55.5 Å². The summed E-state index contributed by atoms with van der Waals surface area (Å²) in [6.07, 6.45) is 1.31. The lowest BCUT2D eigenvalue weighted by molar-refractivity contribution is -0.661. The van der Waals surface area contributed by atoms with Gasteiger partial charge in [-0.2, -0.15) is 0 Å². The Labute approximate surface area is 219 Å². The molecular formula is C33H24FN2O+. The fourth-order valence-corrected chi connectivity index (χ4v) is 5.01. The minimum absolute atomic E-state index is 0.343. The van der Waals surface area contributed by atoms with Gasteiger partial charge in [-0.05, 0) is 36.0 Å². The molecule has 6 aromatic rings. The van der Waals surface area contributed by atoms with E-state index in [4.69, 9.17) is 15.1 Å². The van der Waals surface area contributed by atoms with Crippen LogP contribution in [0.15, 0.2) is 95.5 Å². The average Bonchev–Trinajstić information content (AvgIpc) is 3.33. The molecule has 178 valence electrons. The quantitative estimate of drug-likeness (QED) is 0.181. The first-order valence-corrected chi connectivity index (χ1v) is 11.9. The van der Waals surface area contributed by atoms with Gasteiger partial charge in [-0.1, -0.05) is 78.9 Å². The Hall–Kier alpha value is -4.75. The highest BCUT2D eigenvalue weighted by molar-refractivity contribution is 6.18. The molecule has 0 radical (unpaired) electrons. The van der Waals surface area contributed by atoms with E-state index >= 15 is 4.39 Å². The van der Waals surface area contributed by atoms with Crippen LogP contribution in [0.25, 0.3) is 60.3 Å². The highest BCUT2D eigenvalue weighted by Gasteiger charge is 2.24. The molecule has 0 unspecified atom stereocenters. The first-order chi connectivity index (χ1) is 19.2.